The van der Waals surface area contributed by atoms with Gasteiger partial charge >= 0.3 is 12.4 Å². The first-order chi connectivity index (χ1) is 10.7. The minimum Gasteiger partial charge on any atom is -0.496 e. The molecule has 0 saturated carbocycles. The van der Waals surface area contributed by atoms with Crippen LogP contribution in [0, 0.1) is 12.3 Å². The van der Waals surface area contributed by atoms with E-state index in [-0.39, 0.29) is 11.3 Å². The summed E-state index contributed by atoms with van der Waals surface area (Å²) < 4.78 is 90.2. The molecule has 0 heterocycles. The van der Waals surface area contributed by atoms with Crippen LogP contribution in [0.25, 0.3) is 0 Å². The summed E-state index contributed by atoms with van der Waals surface area (Å²) in [5.74, 6) is 0.169. The highest BCUT2D eigenvalue weighted by molar-refractivity contribution is 5.36. The first-order valence-electron chi connectivity index (χ1n) is 7.08. The lowest BCUT2D eigenvalue weighted by molar-refractivity contribution is -0.413. The van der Waals surface area contributed by atoms with Gasteiger partial charge in [-0.3, -0.25) is 0 Å². The molecule has 24 heavy (non-hydrogen) atoms. The molecule has 0 aliphatic rings. The standard InChI is InChI=1S/C16H20F6O2/c1-10-6-7-11(12(8-10)23-5)9-24-14(13(2,3)4,15(17,18)19)16(20,21)22/h6-8H,9H2,1-5H3. The molecule has 2 nitrogen and oxygen atoms in total. The van der Waals surface area contributed by atoms with Gasteiger partial charge in [-0.05, 0) is 18.6 Å². The molecule has 1 aromatic carbocycles. The lowest BCUT2D eigenvalue weighted by Crippen LogP contribution is -2.66. The topological polar surface area (TPSA) is 18.5 Å². The minimum atomic E-state index is -5.64. The maximum absolute atomic E-state index is 13.4. The largest absolute Gasteiger partial charge is 0.496 e. The number of ether oxygens (including phenoxy) is 2. The van der Waals surface area contributed by atoms with Gasteiger partial charge in [-0.15, -0.1) is 0 Å². The third-order valence-electron chi connectivity index (χ3n) is 3.74. The van der Waals surface area contributed by atoms with Gasteiger partial charge in [0, 0.05) is 11.0 Å². The third kappa shape index (κ3) is 3.63. The minimum absolute atomic E-state index is 0.102. The summed E-state index contributed by atoms with van der Waals surface area (Å²) in [6.45, 7) is 3.37. The summed E-state index contributed by atoms with van der Waals surface area (Å²) in [6.07, 6.45) is -11.3. The Morgan fingerprint density at radius 3 is 1.79 bits per heavy atom. The van der Waals surface area contributed by atoms with Crippen LogP contribution < -0.4 is 4.74 Å². The van der Waals surface area contributed by atoms with Crippen molar-refractivity contribution in [3.8, 4) is 5.75 Å². The van der Waals surface area contributed by atoms with Crippen LogP contribution >= 0.6 is 0 Å². The summed E-state index contributed by atoms with van der Waals surface area (Å²) in [4.78, 5) is 0. The summed E-state index contributed by atoms with van der Waals surface area (Å²) in [5, 5.41) is 0. The fourth-order valence-electron chi connectivity index (χ4n) is 2.55. The smallest absolute Gasteiger partial charge is 0.427 e. The number of hydrogen-bond donors (Lipinski definition) is 0. The van der Waals surface area contributed by atoms with Gasteiger partial charge < -0.3 is 9.47 Å². The van der Waals surface area contributed by atoms with E-state index in [0.29, 0.717) is 0 Å². The summed E-state index contributed by atoms with van der Waals surface area (Å²) in [7, 11) is 1.28. The molecule has 0 unspecified atom stereocenters. The van der Waals surface area contributed by atoms with Gasteiger partial charge in [-0.2, -0.15) is 26.3 Å². The van der Waals surface area contributed by atoms with Crippen LogP contribution in [0.5, 0.6) is 5.75 Å². The van der Waals surface area contributed by atoms with E-state index in [1.165, 1.54) is 19.2 Å². The molecular formula is C16H20F6O2. The van der Waals surface area contributed by atoms with Gasteiger partial charge in [0.25, 0.3) is 5.60 Å². The third-order valence-corrected chi connectivity index (χ3v) is 3.74. The van der Waals surface area contributed by atoms with Crippen molar-refractivity contribution in [2.45, 2.75) is 52.3 Å². The van der Waals surface area contributed by atoms with Gasteiger partial charge in [0.05, 0.1) is 13.7 Å². The van der Waals surface area contributed by atoms with Crippen molar-refractivity contribution in [1.29, 1.82) is 0 Å². The molecule has 0 bridgehead atoms. The van der Waals surface area contributed by atoms with Crippen molar-refractivity contribution < 1.29 is 35.8 Å². The van der Waals surface area contributed by atoms with E-state index in [1.54, 1.807) is 13.0 Å². The first kappa shape index (κ1) is 20.6. The van der Waals surface area contributed by atoms with Crippen LogP contribution in [-0.4, -0.2) is 25.1 Å². The second-order valence-corrected chi connectivity index (χ2v) is 6.53. The Balaban J connectivity index is 3.35. The predicted octanol–water partition coefficient (Wildman–Crippen LogP) is 5.43. The highest BCUT2D eigenvalue weighted by Gasteiger charge is 2.77. The maximum atomic E-state index is 13.4. The zero-order valence-electron chi connectivity index (χ0n) is 14.0. The Morgan fingerprint density at radius 2 is 1.42 bits per heavy atom. The van der Waals surface area contributed by atoms with E-state index in [9.17, 15) is 26.3 Å². The molecule has 0 aliphatic heterocycles. The van der Waals surface area contributed by atoms with Gasteiger partial charge in [0.15, 0.2) is 0 Å². The molecule has 0 radical (unpaired) electrons. The van der Waals surface area contributed by atoms with Crippen molar-refractivity contribution in [2.24, 2.45) is 5.41 Å². The SMILES string of the molecule is COc1cc(C)ccc1COC(C(C)(C)C)(C(F)(F)F)C(F)(F)F. The van der Waals surface area contributed by atoms with Crippen molar-refractivity contribution in [2.75, 3.05) is 7.11 Å². The Morgan fingerprint density at radius 1 is 0.917 bits per heavy atom. The zero-order valence-corrected chi connectivity index (χ0v) is 14.0. The quantitative estimate of drug-likeness (QED) is 0.668. The Hall–Kier alpha value is -1.44. The normalized spacial score (nSPS) is 14.0. The average Bonchev–Trinajstić information content (AvgIpc) is 2.35. The molecule has 0 fully saturated rings. The van der Waals surface area contributed by atoms with Crippen LogP contribution in [-0.2, 0) is 11.3 Å². The van der Waals surface area contributed by atoms with Crippen LogP contribution in [0.1, 0.15) is 31.9 Å². The molecule has 0 N–H and O–H groups in total. The highest BCUT2D eigenvalue weighted by atomic mass is 19.4. The lowest BCUT2D eigenvalue weighted by Gasteiger charge is -2.46. The van der Waals surface area contributed by atoms with Crippen molar-refractivity contribution in [3.63, 3.8) is 0 Å². The Bertz CT molecular complexity index is 533. The molecule has 8 heteroatoms. The molecule has 0 aliphatic carbocycles. The molecule has 0 amide bonds. The molecule has 0 aromatic heterocycles. The van der Waals surface area contributed by atoms with Crippen LogP contribution in [0.3, 0.4) is 0 Å². The van der Waals surface area contributed by atoms with E-state index in [0.717, 1.165) is 26.3 Å². The number of benzene rings is 1. The van der Waals surface area contributed by atoms with E-state index >= 15 is 0 Å². The Kier molecular flexibility index (Phi) is 5.55. The van der Waals surface area contributed by atoms with Crippen LogP contribution in [0.15, 0.2) is 18.2 Å². The maximum Gasteiger partial charge on any atom is 0.427 e. The number of hydrogen-bond acceptors (Lipinski definition) is 2. The number of alkyl halides is 6. The van der Waals surface area contributed by atoms with E-state index in [4.69, 9.17) is 4.74 Å². The number of halogens is 6. The predicted molar refractivity (Wildman–Crippen MR) is 76.8 cm³/mol. The van der Waals surface area contributed by atoms with Crippen molar-refractivity contribution >= 4 is 0 Å². The van der Waals surface area contributed by atoms with Gasteiger partial charge in [-0.1, -0.05) is 32.9 Å². The second kappa shape index (κ2) is 6.46. The van der Waals surface area contributed by atoms with E-state index in [1.807, 2.05) is 0 Å². The van der Waals surface area contributed by atoms with Crippen LogP contribution in [0.4, 0.5) is 26.3 Å². The van der Waals surface area contributed by atoms with Crippen molar-refractivity contribution in [3.05, 3.63) is 29.3 Å². The number of rotatable bonds is 4. The van der Waals surface area contributed by atoms with Crippen molar-refractivity contribution in [1.82, 2.24) is 0 Å². The molecule has 0 atom stereocenters. The molecular weight excluding hydrogens is 338 g/mol. The molecule has 138 valence electrons. The Labute approximate surface area is 136 Å². The first-order valence-corrected chi connectivity index (χ1v) is 7.08. The monoisotopic (exact) mass is 358 g/mol. The van der Waals surface area contributed by atoms with Gasteiger partial charge in [-0.25, -0.2) is 0 Å². The molecule has 0 saturated heterocycles. The molecule has 0 spiro atoms. The van der Waals surface area contributed by atoms with Gasteiger partial charge in [0.1, 0.15) is 5.75 Å². The number of methoxy groups -OCH3 is 1. The fourth-order valence-corrected chi connectivity index (χ4v) is 2.55. The summed E-state index contributed by atoms with van der Waals surface area (Å²) >= 11 is 0. The second-order valence-electron chi connectivity index (χ2n) is 6.53. The van der Waals surface area contributed by atoms with Gasteiger partial charge in [0.2, 0.25) is 0 Å². The zero-order chi connectivity index (χ0) is 19.0. The van der Waals surface area contributed by atoms with Crippen LogP contribution in [0.2, 0.25) is 0 Å². The summed E-state index contributed by atoms with van der Waals surface area (Å²) in [5.41, 5.74) is -5.71. The molecule has 1 aromatic rings. The average molecular weight is 358 g/mol. The molecule has 1 rings (SSSR count). The summed E-state index contributed by atoms with van der Waals surface area (Å²) in [6, 6.07) is 4.45. The highest BCUT2D eigenvalue weighted by Crippen LogP contribution is 2.55. The number of aryl methyl sites for hydroxylation is 1. The fraction of sp³-hybridized carbons (Fsp3) is 0.625. The lowest BCUT2D eigenvalue weighted by atomic mass is 9.75. The van der Waals surface area contributed by atoms with E-state index < -0.39 is 30.0 Å². The van der Waals surface area contributed by atoms with E-state index in [2.05, 4.69) is 4.74 Å².